The lowest BCUT2D eigenvalue weighted by molar-refractivity contribution is 0.215. The molecule has 1 aromatic carbocycles. The number of anilines is 1. The van der Waals surface area contributed by atoms with E-state index >= 15 is 0 Å². The summed E-state index contributed by atoms with van der Waals surface area (Å²) < 4.78 is 12.0. The van der Waals surface area contributed by atoms with Gasteiger partial charge in [-0.25, -0.2) is 4.79 Å². The SMILES string of the molecule is C[C@@H]1CCN(C(=O)Nc2ccccc2CN2CCSCC2)CC[S@]1=O. The first-order valence-electron chi connectivity index (χ1n) is 8.94. The van der Waals surface area contributed by atoms with Gasteiger partial charge in [0.1, 0.15) is 0 Å². The Kier molecular flexibility index (Phi) is 6.78. The monoisotopic (exact) mass is 381 g/mol. The van der Waals surface area contributed by atoms with Gasteiger partial charge in [0, 0.05) is 71.7 Å². The fraction of sp³-hybridized carbons (Fsp3) is 0.611. The van der Waals surface area contributed by atoms with E-state index in [1.54, 1.807) is 4.90 Å². The average molecular weight is 382 g/mol. The molecule has 2 atom stereocenters. The van der Waals surface area contributed by atoms with Gasteiger partial charge < -0.3 is 10.2 Å². The number of rotatable bonds is 3. The number of urea groups is 1. The number of benzene rings is 1. The molecular formula is C18H27N3O2S2. The van der Waals surface area contributed by atoms with E-state index in [0.717, 1.165) is 37.3 Å². The highest BCUT2D eigenvalue weighted by atomic mass is 32.2. The number of carbonyl (C=O) groups excluding carboxylic acids is 1. The Balaban J connectivity index is 1.63. The molecule has 1 aromatic rings. The lowest BCUT2D eigenvalue weighted by Gasteiger charge is -2.27. The zero-order chi connectivity index (χ0) is 17.6. The zero-order valence-electron chi connectivity index (χ0n) is 14.8. The van der Waals surface area contributed by atoms with E-state index in [1.165, 1.54) is 11.5 Å². The second kappa shape index (κ2) is 9.05. The molecule has 0 spiro atoms. The highest BCUT2D eigenvalue weighted by Gasteiger charge is 2.23. The molecule has 0 bridgehead atoms. The summed E-state index contributed by atoms with van der Waals surface area (Å²) in [5.74, 6) is 2.93. The maximum atomic E-state index is 12.7. The molecule has 1 N–H and O–H groups in total. The zero-order valence-corrected chi connectivity index (χ0v) is 16.4. The van der Waals surface area contributed by atoms with Crippen LogP contribution in [0.25, 0.3) is 0 Å². The first-order chi connectivity index (χ1) is 12.1. The standard InChI is InChI=1S/C18H27N3O2S2/c1-15-6-7-21(10-13-25(15)23)18(22)19-17-5-3-2-4-16(17)14-20-8-11-24-12-9-20/h2-5,15H,6-14H2,1H3,(H,19,22)/t15-,25-/m1/s1. The summed E-state index contributed by atoms with van der Waals surface area (Å²) in [6.45, 7) is 6.31. The van der Waals surface area contributed by atoms with Gasteiger partial charge in [0.05, 0.1) is 0 Å². The van der Waals surface area contributed by atoms with E-state index in [9.17, 15) is 9.00 Å². The fourth-order valence-corrected chi connectivity index (χ4v) is 5.31. The van der Waals surface area contributed by atoms with Crippen LogP contribution >= 0.6 is 11.8 Å². The van der Waals surface area contributed by atoms with Crippen molar-refractivity contribution >= 4 is 34.3 Å². The molecule has 2 aliphatic rings. The van der Waals surface area contributed by atoms with Gasteiger partial charge in [-0.2, -0.15) is 11.8 Å². The number of hydrogen-bond acceptors (Lipinski definition) is 4. The normalized spacial score (nSPS) is 25.4. The largest absolute Gasteiger partial charge is 0.324 e. The van der Waals surface area contributed by atoms with Crippen LogP contribution in [0.5, 0.6) is 0 Å². The van der Waals surface area contributed by atoms with E-state index in [-0.39, 0.29) is 11.3 Å². The number of carbonyl (C=O) groups is 1. The predicted octanol–water partition coefficient (Wildman–Crippen LogP) is 2.61. The molecule has 25 heavy (non-hydrogen) atoms. The molecule has 0 unspecified atom stereocenters. The van der Waals surface area contributed by atoms with Crippen LogP contribution in [0.4, 0.5) is 10.5 Å². The molecule has 2 amide bonds. The van der Waals surface area contributed by atoms with Crippen molar-refractivity contribution in [3.63, 3.8) is 0 Å². The van der Waals surface area contributed by atoms with E-state index in [4.69, 9.17) is 0 Å². The third-order valence-electron chi connectivity index (χ3n) is 4.86. The fourth-order valence-electron chi connectivity index (χ4n) is 3.16. The molecule has 2 fully saturated rings. The van der Waals surface area contributed by atoms with E-state index < -0.39 is 10.8 Å². The molecule has 0 radical (unpaired) electrons. The number of nitrogens with zero attached hydrogens (tertiary/aromatic N) is 2. The van der Waals surface area contributed by atoms with Crippen LogP contribution in [-0.4, -0.2) is 68.7 Å². The van der Waals surface area contributed by atoms with Crippen molar-refractivity contribution in [2.24, 2.45) is 0 Å². The Morgan fingerprint density at radius 2 is 2.00 bits per heavy atom. The maximum Gasteiger partial charge on any atom is 0.321 e. The summed E-state index contributed by atoms with van der Waals surface area (Å²) in [7, 11) is -0.826. The Bertz CT molecular complexity index is 620. The number of nitrogens with one attached hydrogen (secondary N) is 1. The van der Waals surface area contributed by atoms with Crippen LogP contribution in [0.15, 0.2) is 24.3 Å². The first kappa shape index (κ1) is 18.7. The number of hydrogen-bond donors (Lipinski definition) is 1. The van der Waals surface area contributed by atoms with Crippen LogP contribution < -0.4 is 5.32 Å². The Labute approximate surface area is 157 Å². The maximum absolute atomic E-state index is 12.7. The van der Waals surface area contributed by atoms with Crippen molar-refractivity contribution in [1.29, 1.82) is 0 Å². The summed E-state index contributed by atoms with van der Waals surface area (Å²) >= 11 is 2.00. The molecule has 2 heterocycles. The van der Waals surface area contributed by atoms with Crippen molar-refractivity contribution in [3.05, 3.63) is 29.8 Å². The molecule has 2 aliphatic heterocycles. The van der Waals surface area contributed by atoms with Gasteiger partial charge in [0.25, 0.3) is 0 Å². The van der Waals surface area contributed by atoms with E-state index in [0.29, 0.717) is 18.8 Å². The van der Waals surface area contributed by atoms with Crippen LogP contribution in [0.1, 0.15) is 18.9 Å². The molecule has 138 valence electrons. The van der Waals surface area contributed by atoms with Gasteiger partial charge >= 0.3 is 6.03 Å². The van der Waals surface area contributed by atoms with Crippen molar-refractivity contribution in [1.82, 2.24) is 9.80 Å². The third kappa shape index (κ3) is 5.21. The topological polar surface area (TPSA) is 52.7 Å². The van der Waals surface area contributed by atoms with Gasteiger partial charge in [0.15, 0.2) is 0 Å². The highest BCUT2D eigenvalue weighted by Crippen LogP contribution is 2.20. The van der Waals surface area contributed by atoms with Gasteiger partial charge in [0.2, 0.25) is 0 Å². The van der Waals surface area contributed by atoms with E-state index in [2.05, 4.69) is 16.3 Å². The highest BCUT2D eigenvalue weighted by molar-refractivity contribution is 7.99. The average Bonchev–Trinajstić information content (AvgIpc) is 2.79. The van der Waals surface area contributed by atoms with Gasteiger partial charge in [-0.05, 0) is 18.1 Å². The van der Waals surface area contributed by atoms with Crippen LogP contribution in [0.2, 0.25) is 0 Å². The molecule has 2 saturated heterocycles. The van der Waals surface area contributed by atoms with Crippen molar-refractivity contribution < 1.29 is 9.00 Å². The smallest absolute Gasteiger partial charge is 0.321 e. The van der Waals surface area contributed by atoms with Crippen molar-refractivity contribution in [2.45, 2.75) is 25.1 Å². The van der Waals surface area contributed by atoms with Crippen LogP contribution in [0, 0.1) is 0 Å². The lowest BCUT2D eigenvalue weighted by Crippen LogP contribution is -2.37. The van der Waals surface area contributed by atoms with Crippen molar-refractivity contribution in [2.75, 3.05) is 48.8 Å². The number of thioether (sulfide) groups is 1. The van der Waals surface area contributed by atoms with Crippen molar-refractivity contribution in [3.8, 4) is 0 Å². The third-order valence-corrected chi connectivity index (χ3v) is 7.52. The summed E-state index contributed by atoms with van der Waals surface area (Å²) in [5.41, 5.74) is 2.05. The number of amides is 2. The molecular weight excluding hydrogens is 354 g/mol. The minimum atomic E-state index is -0.826. The minimum Gasteiger partial charge on any atom is -0.324 e. The predicted molar refractivity (Wildman–Crippen MR) is 107 cm³/mol. The van der Waals surface area contributed by atoms with E-state index in [1.807, 2.05) is 36.9 Å². The van der Waals surface area contributed by atoms with Crippen LogP contribution in [-0.2, 0) is 17.3 Å². The van der Waals surface area contributed by atoms with Gasteiger partial charge in [-0.15, -0.1) is 0 Å². The molecule has 7 heteroatoms. The minimum absolute atomic E-state index is 0.0762. The van der Waals surface area contributed by atoms with Gasteiger partial charge in [-0.3, -0.25) is 9.11 Å². The quantitative estimate of drug-likeness (QED) is 0.874. The molecule has 0 aliphatic carbocycles. The summed E-state index contributed by atoms with van der Waals surface area (Å²) in [4.78, 5) is 16.9. The summed E-state index contributed by atoms with van der Waals surface area (Å²) in [5, 5.41) is 3.25. The second-order valence-electron chi connectivity index (χ2n) is 6.65. The Hall–Kier alpha value is -1.05. The molecule has 5 nitrogen and oxygen atoms in total. The molecule has 0 aromatic heterocycles. The number of para-hydroxylation sites is 1. The Morgan fingerprint density at radius 3 is 2.80 bits per heavy atom. The lowest BCUT2D eigenvalue weighted by atomic mass is 10.1. The van der Waals surface area contributed by atoms with Gasteiger partial charge in [-0.1, -0.05) is 25.1 Å². The second-order valence-corrected chi connectivity index (χ2v) is 9.85. The Morgan fingerprint density at radius 1 is 1.24 bits per heavy atom. The summed E-state index contributed by atoms with van der Waals surface area (Å²) in [6.07, 6.45) is 0.799. The molecule has 3 rings (SSSR count). The van der Waals surface area contributed by atoms with Crippen LogP contribution in [0.3, 0.4) is 0 Å². The molecule has 0 saturated carbocycles. The summed E-state index contributed by atoms with van der Waals surface area (Å²) in [6, 6.07) is 7.99. The first-order valence-corrected chi connectivity index (χ1v) is 11.5.